The highest BCUT2D eigenvalue weighted by molar-refractivity contribution is 9.11. The van der Waals surface area contributed by atoms with E-state index in [1.807, 2.05) is 12.1 Å². The Morgan fingerprint density at radius 1 is 0.950 bits per heavy atom. The van der Waals surface area contributed by atoms with E-state index < -0.39 is 0 Å². The Balaban J connectivity index is 2.10. The van der Waals surface area contributed by atoms with Crippen molar-refractivity contribution in [3.8, 4) is 5.75 Å². The van der Waals surface area contributed by atoms with E-state index in [9.17, 15) is 0 Å². The van der Waals surface area contributed by atoms with Crippen LogP contribution in [0.5, 0.6) is 5.75 Å². The first-order chi connectivity index (χ1) is 9.63. The van der Waals surface area contributed by atoms with Crippen LogP contribution in [0.15, 0.2) is 45.3 Å². The first-order valence-corrected chi connectivity index (χ1v) is 8.11. The Kier molecular flexibility index (Phi) is 5.64. The van der Waals surface area contributed by atoms with Gasteiger partial charge in [-0.25, -0.2) is 0 Å². The summed E-state index contributed by atoms with van der Waals surface area (Å²) in [6, 6.07) is 12.5. The molecule has 0 radical (unpaired) electrons. The van der Waals surface area contributed by atoms with Crippen molar-refractivity contribution in [1.29, 1.82) is 0 Å². The minimum Gasteiger partial charge on any atom is -0.487 e. The Bertz CT molecular complexity index is 559. The Labute approximate surface area is 136 Å². The zero-order valence-corrected chi connectivity index (χ0v) is 14.5. The molecular formula is C16H17Br2NO. The molecule has 2 aromatic carbocycles. The lowest BCUT2D eigenvalue weighted by molar-refractivity contribution is 0.302. The minimum atomic E-state index is 0.510. The number of aryl methyl sites for hydroxylation is 1. The summed E-state index contributed by atoms with van der Waals surface area (Å²) in [4.78, 5) is 0. The first kappa shape index (κ1) is 15.5. The molecular weight excluding hydrogens is 382 g/mol. The third-order valence-corrected chi connectivity index (χ3v) is 4.29. The van der Waals surface area contributed by atoms with Gasteiger partial charge in [0.1, 0.15) is 12.4 Å². The summed E-state index contributed by atoms with van der Waals surface area (Å²) in [5.74, 6) is 0.807. The highest BCUT2D eigenvalue weighted by atomic mass is 79.9. The van der Waals surface area contributed by atoms with Gasteiger partial charge in [-0.15, -0.1) is 0 Å². The number of ether oxygens (including phenoxy) is 1. The molecule has 0 unspecified atom stereocenters. The van der Waals surface area contributed by atoms with Crippen LogP contribution >= 0.6 is 31.9 Å². The van der Waals surface area contributed by atoms with E-state index in [2.05, 4.69) is 63.0 Å². The van der Waals surface area contributed by atoms with E-state index >= 15 is 0 Å². The molecule has 0 saturated carbocycles. The Morgan fingerprint density at radius 3 is 2.00 bits per heavy atom. The van der Waals surface area contributed by atoms with Crippen LogP contribution in [0.1, 0.15) is 23.6 Å². The molecule has 4 heteroatoms. The molecule has 20 heavy (non-hydrogen) atoms. The van der Waals surface area contributed by atoms with Crippen LogP contribution < -0.4 is 10.5 Å². The fourth-order valence-electron chi connectivity index (χ4n) is 1.89. The number of benzene rings is 2. The van der Waals surface area contributed by atoms with Gasteiger partial charge >= 0.3 is 0 Å². The van der Waals surface area contributed by atoms with Crippen molar-refractivity contribution in [3.63, 3.8) is 0 Å². The van der Waals surface area contributed by atoms with Crippen LogP contribution in [0.3, 0.4) is 0 Å². The maximum atomic E-state index is 5.89. The minimum absolute atomic E-state index is 0.510. The van der Waals surface area contributed by atoms with Gasteiger partial charge in [0, 0.05) is 6.54 Å². The monoisotopic (exact) mass is 397 g/mol. The molecule has 0 aliphatic carbocycles. The predicted octanol–water partition coefficient (Wildman–Crippen LogP) is 4.81. The summed E-state index contributed by atoms with van der Waals surface area (Å²) < 4.78 is 7.72. The van der Waals surface area contributed by atoms with Crippen LogP contribution in [-0.2, 0) is 19.6 Å². The average molecular weight is 399 g/mol. The lowest BCUT2D eigenvalue weighted by Gasteiger charge is -2.12. The maximum absolute atomic E-state index is 5.89. The Hall–Kier alpha value is -0.840. The highest BCUT2D eigenvalue weighted by Crippen LogP contribution is 2.35. The van der Waals surface area contributed by atoms with Crippen molar-refractivity contribution in [2.24, 2.45) is 5.73 Å². The van der Waals surface area contributed by atoms with Gasteiger partial charge < -0.3 is 10.5 Å². The normalized spacial score (nSPS) is 10.6. The molecule has 0 heterocycles. The third-order valence-electron chi connectivity index (χ3n) is 3.11. The van der Waals surface area contributed by atoms with Crippen molar-refractivity contribution < 1.29 is 4.74 Å². The molecule has 0 spiro atoms. The standard InChI is InChI=1S/C16H17Br2NO/c1-2-11-3-5-12(6-4-11)10-20-16-14(17)7-13(9-19)8-15(16)18/h3-8H,2,9-10,19H2,1H3. The molecule has 2 nitrogen and oxygen atoms in total. The lowest BCUT2D eigenvalue weighted by atomic mass is 10.1. The summed E-state index contributed by atoms with van der Waals surface area (Å²) in [6.07, 6.45) is 1.05. The lowest BCUT2D eigenvalue weighted by Crippen LogP contribution is -2.00. The zero-order chi connectivity index (χ0) is 14.5. The summed E-state index contributed by atoms with van der Waals surface area (Å²) in [5, 5.41) is 0. The average Bonchev–Trinajstić information content (AvgIpc) is 2.46. The van der Waals surface area contributed by atoms with E-state index in [1.54, 1.807) is 0 Å². The van der Waals surface area contributed by atoms with Crippen molar-refractivity contribution in [2.75, 3.05) is 0 Å². The summed E-state index contributed by atoms with van der Waals surface area (Å²) in [6.45, 7) is 3.21. The molecule has 106 valence electrons. The van der Waals surface area contributed by atoms with Crippen molar-refractivity contribution in [3.05, 3.63) is 62.0 Å². The first-order valence-electron chi connectivity index (χ1n) is 6.52. The van der Waals surface area contributed by atoms with Crippen LogP contribution in [0.2, 0.25) is 0 Å². The molecule has 2 aromatic rings. The van der Waals surface area contributed by atoms with Crippen molar-refractivity contribution in [2.45, 2.75) is 26.5 Å². The van der Waals surface area contributed by atoms with Gasteiger partial charge in [-0.2, -0.15) is 0 Å². The molecule has 2 rings (SSSR count). The van der Waals surface area contributed by atoms with Crippen LogP contribution in [0.25, 0.3) is 0 Å². The van der Waals surface area contributed by atoms with Crippen molar-refractivity contribution in [1.82, 2.24) is 0 Å². The number of hydrogen-bond acceptors (Lipinski definition) is 2. The van der Waals surface area contributed by atoms with E-state index in [0.717, 1.165) is 32.2 Å². The second-order valence-electron chi connectivity index (χ2n) is 4.55. The number of hydrogen-bond donors (Lipinski definition) is 1. The molecule has 0 fully saturated rings. The largest absolute Gasteiger partial charge is 0.487 e. The van der Waals surface area contributed by atoms with Gasteiger partial charge in [0.2, 0.25) is 0 Å². The maximum Gasteiger partial charge on any atom is 0.148 e. The molecule has 0 amide bonds. The van der Waals surface area contributed by atoms with Gasteiger partial charge in [0.25, 0.3) is 0 Å². The topological polar surface area (TPSA) is 35.2 Å². The molecule has 0 aromatic heterocycles. The second kappa shape index (κ2) is 7.25. The number of rotatable bonds is 5. The summed E-state index contributed by atoms with van der Waals surface area (Å²) in [7, 11) is 0. The van der Waals surface area contributed by atoms with E-state index in [0.29, 0.717) is 13.2 Å². The van der Waals surface area contributed by atoms with Gasteiger partial charge in [0.05, 0.1) is 8.95 Å². The molecule has 0 aliphatic rings. The van der Waals surface area contributed by atoms with Gasteiger partial charge in [-0.3, -0.25) is 0 Å². The quantitative estimate of drug-likeness (QED) is 0.784. The molecule has 0 saturated heterocycles. The second-order valence-corrected chi connectivity index (χ2v) is 6.26. The molecule has 0 aliphatic heterocycles. The number of nitrogens with two attached hydrogens (primary N) is 1. The molecule has 2 N–H and O–H groups in total. The summed E-state index contributed by atoms with van der Waals surface area (Å²) in [5.41, 5.74) is 9.20. The van der Waals surface area contributed by atoms with E-state index in [-0.39, 0.29) is 0 Å². The number of halogens is 2. The van der Waals surface area contributed by atoms with Crippen molar-refractivity contribution >= 4 is 31.9 Å². The third kappa shape index (κ3) is 3.84. The van der Waals surface area contributed by atoms with E-state index in [1.165, 1.54) is 5.56 Å². The van der Waals surface area contributed by atoms with Gasteiger partial charge in [-0.1, -0.05) is 31.2 Å². The Morgan fingerprint density at radius 2 is 1.50 bits per heavy atom. The van der Waals surface area contributed by atoms with Gasteiger partial charge in [0.15, 0.2) is 0 Å². The smallest absolute Gasteiger partial charge is 0.148 e. The van der Waals surface area contributed by atoms with Gasteiger partial charge in [-0.05, 0) is 67.1 Å². The molecule has 0 atom stereocenters. The molecule has 0 bridgehead atoms. The SMILES string of the molecule is CCc1ccc(COc2c(Br)cc(CN)cc2Br)cc1. The highest BCUT2D eigenvalue weighted by Gasteiger charge is 2.09. The van der Waals surface area contributed by atoms with Crippen LogP contribution in [-0.4, -0.2) is 0 Å². The van der Waals surface area contributed by atoms with Crippen LogP contribution in [0.4, 0.5) is 0 Å². The fourth-order valence-corrected chi connectivity index (χ4v) is 3.41. The zero-order valence-electron chi connectivity index (χ0n) is 11.3. The predicted molar refractivity (Wildman–Crippen MR) is 89.9 cm³/mol. The van der Waals surface area contributed by atoms with E-state index in [4.69, 9.17) is 10.5 Å². The fraction of sp³-hybridized carbons (Fsp3) is 0.250. The van der Waals surface area contributed by atoms with Crippen LogP contribution in [0, 0.1) is 0 Å². The summed E-state index contributed by atoms with van der Waals surface area (Å²) >= 11 is 7.05.